The Kier molecular flexibility index (Phi) is 8.32. The molecule has 0 bridgehead atoms. The second-order valence-electron chi connectivity index (χ2n) is 7.25. The summed E-state index contributed by atoms with van der Waals surface area (Å²) >= 11 is 1.30. The average molecular weight is 467 g/mol. The Bertz CT molecular complexity index is 1110. The molecule has 0 atom stereocenters. The molecule has 0 N–H and O–H groups in total. The van der Waals surface area contributed by atoms with Crippen LogP contribution in [0.15, 0.2) is 53.9 Å². The number of ether oxygens (including phenoxy) is 2. The molecule has 1 aromatic heterocycles. The number of Topliss-reactive ketones (excluding diaryl/α,β-unsaturated/α-hetero) is 1. The molecule has 2 aromatic carbocycles. The minimum absolute atomic E-state index is 0.0247. The van der Waals surface area contributed by atoms with Gasteiger partial charge in [-0.1, -0.05) is 26.0 Å². The van der Waals surface area contributed by atoms with Gasteiger partial charge in [0.25, 0.3) is 0 Å². The predicted molar refractivity (Wildman–Crippen MR) is 127 cm³/mol. The van der Waals surface area contributed by atoms with Crippen LogP contribution in [-0.4, -0.2) is 29.3 Å². The van der Waals surface area contributed by atoms with Crippen LogP contribution < -0.4 is 9.64 Å². The van der Waals surface area contributed by atoms with Crippen molar-refractivity contribution in [2.24, 2.45) is 0 Å². The number of aromatic nitrogens is 1. The minimum Gasteiger partial charge on any atom is -0.482 e. The van der Waals surface area contributed by atoms with Crippen LogP contribution in [0.2, 0.25) is 0 Å². The van der Waals surface area contributed by atoms with Crippen LogP contribution in [0.25, 0.3) is 0 Å². The molecule has 0 spiro atoms. The molecular weight excluding hydrogens is 440 g/mol. The summed E-state index contributed by atoms with van der Waals surface area (Å²) < 4.78 is 10.7. The zero-order valence-electron chi connectivity index (χ0n) is 18.9. The normalized spacial score (nSPS) is 10.5. The molecule has 0 aliphatic carbocycles. The first-order valence-corrected chi connectivity index (χ1v) is 11.5. The molecule has 1 amide bonds. The molecule has 0 unspecified atom stereocenters. The Balaban J connectivity index is 1.54. The first-order valence-electron chi connectivity index (χ1n) is 10.7. The van der Waals surface area contributed by atoms with E-state index in [9.17, 15) is 14.4 Å². The molecule has 0 fully saturated rings. The lowest BCUT2D eigenvalue weighted by Crippen LogP contribution is -2.22. The topological polar surface area (TPSA) is 85.8 Å². The van der Waals surface area contributed by atoms with Crippen LogP contribution in [0.1, 0.15) is 48.8 Å². The number of carbonyl (C=O) groups excluding carboxylic acids is 3. The summed E-state index contributed by atoms with van der Waals surface area (Å²) in [5.41, 5.74) is 3.06. The van der Waals surface area contributed by atoms with E-state index in [1.165, 1.54) is 28.7 Å². The van der Waals surface area contributed by atoms with Gasteiger partial charge in [-0.3, -0.25) is 14.5 Å². The molecule has 172 valence electrons. The van der Waals surface area contributed by atoms with Gasteiger partial charge in [-0.05, 0) is 48.4 Å². The summed E-state index contributed by atoms with van der Waals surface area (Å²) in [6.07, 6.45) is 1.35. The predicted octanol–water partition coefficient (Wildman–Crippen LogP) is 5.11. The van der Waals surface area contributed by atoms with E-state index in [0.29, 0.717) is 28.6 Å². The zero-order chi connectivity index (χ0) is 23.8. The molecule has 7 nitrogen and oxygen atoms in total. The summed E-state index contributed by atoms with van der Waals surface area (Å²) in [5, 5.41) is 2.26. The highest BCUT2D eigenvalue weighted by molar-refractivity contribution is 7.14. The maximum atomic E-state index is 12.2. The van der Waals surface area contributed by atoms with E-state index in [-0.39, 0.29) is 24.9 Å². The Morgan fingerprint density at radius 1 is 1.00 bits per heavy atom. The van der Waals surface area contributed by atoms with Gasteiger partial charge in [0.2, 0.25) is 5.91 Å². The van der Waals surface area contributed by atoms with Crippen molar-refractivity contribution in [1.82, 2.24) is 4.98 Å². The van der Waals surface area contributed by atoms with Gasteiger partial charge in [-0.15, -0.1) is 11.3 Å². The lowest BCUT2D eigenvalue weighted by Gasteiger charge is -2.18. The quantitative estimate of drug-likeness (QED) is 0.305. The van der Waals surface area contributed by atoms with Gasteiger partial charge >= 0.3 is 5.97 Å². The van der Waals surface area contributed by atoms with Gasteiger partial charge in [-0.25, -0.2) is 9.78 Å². The number of hydrogen-bond donors (Lipinski definition) is 0. The van der Waals surface area contributed by atoms with Gasteiger partial charge < -0.3 is 9.47 Å². The third-order valence-corrected chi connectivity index (χ3v) is 5.76. The number of ketones is 1. The van der Waals surface area contributed by atoms with Crippen molar-refractivity contribution in [2.75, 3.05) is 11.5 Å². The maximum absolute atomic E-state index is 12.2. The fraction of sp³-hybridized carbons (Fsp3) is 0.280. The third kappa shape index (κ3) is 6.49. The van der Waals surface area contributed by atoms with E-state index < -0.39 is 5.97 Å². The second-order valence-corrected chi connectivity index (χ2v) is 8.08. The summed E-state index contributed by atoms with van der Waals surface area (Å²) in [5.74, 6) is -0.180. The van der Waals surface area contributed by atoms with E-state index in [0.717, 1.165) is 12.1 Å². The Labute approximate surface area is 197 Å². The van der Waals surface area contributed by atoms with E-state index in [4.69, 9.17) is 9.47 Å². The number of benzene rings is 2. The van der Waals surface area contributed by atoms with E-state index in [2.05, 4.69) is 11.9 Å². The van der Waals surface area contributed by atoms with Gasteiger partial charge in [-0.2, -0.15) is 0 Å². The number of esters is 1. The third-order valence-electron chi connectivity index (χ3n) is 4.88. The second kappa shape index (κ2) is 11.4. The molecule has 0 aliphatic rings. The molecule has 1 heterocycles. The van der Waals surface area contributed by atoms with Crippen LogP contribution in [0, 0.1) is 0 Å². The van der Waals surface area contributed by atoms with Crippen LogP contribution in [0.3, 0.4) is 0 Å². The van der Waals surface area contributed by atoms with E-state index in [1.807, 2.05) is 24.3 Å². The van der Waals surface area contributed by atoms with Gasteiger partial charge in [0.15, 0.2) is 17.5 Å². The Hall–Kier alpha value is -3.52. The maximum Gasteiger partial charge on any atom is 0.344 e. The van der Waals surface area contributed by atoms with Crippen molar-refractivity contribution in [3.05, 3.63) is 70.7 Å². The average Bonchev–Trinajstić information content (AvgIpc) is 3.30. The minimum atomic E-state index is -0.545. The molecule has 3 rings (SSSR count). The van der Waals surface area contributed by atoms with Gasteiger partial charge in [0.1, 0.15) is 12.4 Å². The molecule has 0 saturated carbocycles. The van der Waals surface area contributed by atoms with Crippen LogP contribution in [0.5, 0.6) is 5.75 Å². The molecule has 0 radical (unpaired) electrons. The van der Waals surface area contributed by atoms with E-state index in [1.54, 1.807) is 36.6 Å². The molecule has 3 aromatic rings. The van der Waals surface area contributed by atoms with Crippen LogP contribution in [-0.2, 0) is 27.4 Å². The SMILES string of the molecule is CCC(=O)c1ccc(OCC(=O)OCc2csc(N(C(C)=O)c3ccc(CC)cc3)n2)cc1. The fourth-order valence-electron chi connectivity index (χ4n) is 3.05. The molecule has 0 aliphatic heterocycles. The Morgan fingerprint density at radius 3 is 2.30 bits per heavy atom. The number of carbonyl (C=O) groups is 3. The first kappa shape index (κ1) is 24.1. The molecular formula is C25H26N2O5S. The summed E-state index contributed by atoms with van der Waals surface area (Å²) in [6.45, 7) is 5.07. The van der Waals surface area contributed by atoms with Crippen LogP contribution >= 0.6 is 11.3 Å². The number of amides is 1. The van der Waals surface area contributed by atoms with Crippen molar-refractivity contribution >= 4 is 39.8 Å². The lowest BCUT2D eigenvalue weighted by atomic mass is 10.1. The standard InChI is InChI=1S/C25H26N2O5S/c1-4-18-6-10-21(11-7-18)27(17(3)28)25-26-20(16-33-25)14-32-24(30)15-31-22-12-8-19(9-13-22)23(29)5-2/h6-13,16H,4-5,14-15H2,1-3H3. The van der Waals surface area contributed by atoms with E-state index >= 15 is 0 Å². The number of thiazole rings is 1. The van der Waals surface area contributed by atoms with Crippen molar-refractivity contribution in [3.8, 4) is 5.75 Å². The summed E-state index contributed by atoms with van der Waals surface area (Å²) in [6, 6.07) is 14.4. The molecule has 33 heavy (non-hydrogen) atoms. The highest BCUT2D eigenvalue weighted by atomic mass is 32.1. The first-order chi connectivity index (χ1) is 15.9. The highest BCUT2D eigenvalue weighted by Gasteiger charge is 2.18. The smallest absolute Gasteiger partial charge is 0.344 e. The van der Waals surface area contributed by atoms with Gasteiger partial charge in [0.05, 0.1) is 11.4 Å². The summed E-state index contributed by atoms with van der Waals surface area (Å²) in [4.78, 5) is 41.9. The van der Waals surface area contributed by atoms with Crippen molar-refractivity contribution < 1.29 is 23.9 Å². The van der Waals surface area contributed by atoms with Crippen molar-refractivity contribution in [1.29, 1.82) is 0 Å². The fourth-order valence-corrected chi connectivity index (χ4v) is 3.92. The number of hydrogen-bond acceptors (Lipinski definition) is 7. The van der Waals surface area contributed by atoms with Crippen molar-refractivity contribution in [3.63, 3.8) is 0 Å². The Morgan fingerprint density at radius 2 is 1.70 bits per heavy atom. The monoisotopic (exact) mass is 466 g/mol. The highest BCUT2D eigenvalue weighted by Crippen LogP contribution is 2.29. The number of anilines is 2. The number of nitrogens with zero attached hydrogens (tertiary/aromatic N) is 2. The zero-order valence-corrected chi connectivity index (χ0v) is 19.7. The van der Waals surface area contributed by atoms with Gasteiger partial charge in [0, 0.05) is 24.3 Å². The number of aryl methyl sites for hydroxylation is 1. The molecule has 8 heteroatoms. The van der Waals surface area contributed by atoms with Crippen LogP contribution in [0.4, 0.5) is 10.8 Å². The summed E-state index contributed by atoms with van der Waals surface area (Å²) in [7, 11) is 0. The lowest BCUT2D eigenvalue weighted by molar-refractivity contribution is -0.147. The number of rotatable bonds is 10. The van der Waals surface area contributed by atoms with Crippen molar-refractivity contribution in [2.45, 2.75) is 40.2 Å². The molecule has 0 saturated heterocycles. The largest absolute Gasteiger partial charge is 0.482 e.